The maximum atomic E-state index is 12.5. The standard InChI is InChI=1S/C18H27N3O3/c1-5-24-18(23)21-10-8-20(9-11-21)15(4)17(22)19-16-7-6-13(2)12-14(16)3/h6-7,12,15H,5,8-11H2,1-4H3,(H,19,22). The van der Waals surface area contributed by atoms with Gasteiger partial charge in [-0.05, 0) is 39.3 Å². The number of ether oxygens (including phenoxy) is 1. The summed E-state index contributed by atoms with van der Waals surface area (Å²) in [4.78, 5) is 28.0. The van der Waals surface area contributed by atoms with Crippen molar-refractivity contribution in [1.82, 2.24) is 9.80 Å². The smallest absolute Gasteiger partial charge is 0.409 e. The summed E-state index contributed by atoms with van der Waals surface area (Å²) in [5.41, 5.74) is 3.08. The lowest BCUT2D eigenvalue weighted by atomic mass is 10.1. The number of rotatable bonds is 4. The minimum absolute atomic E-state index is 0.0217. The summed E-state index contributed by atoms with van der Waals surface area (Å²) in [6.07, 6.45) is -0.274. The summed E-state index contributed by atoms with van der Waals surface area (Å²) in [6, 6.07) is 5.74. The Bertz CT molecular complexity index is 595. The van der Waals surface area contributed by atoms with Gasteiger partial charge in [0.15, 0.2) is 0 Å². The second-order valence-electron chi connectivity index (χ2n) is 6.21. The fraction of sp³-hybridized carbons (Fsp3) is 0.556. The van der Waals surface area contributed by atoms with E-state index >= 15 is 0 Å². The largest absolute Gasteiger partial charge is 0.450 e. The van der Waals surface area contributed by atoms with E-state index in [-0.39, 0.29) is 18.0 Å². The molecule has 132 valence electrons. The van der Waals surface area contributed by atoms with E-state index in [9.17, 15) is 9.59 Å². The average molecular weight is 333 g/mol. The van der Waals surface area contributed by atoms with Gasteiger partial charge in [0.05, 0.1) is 12.6 Å². The average Bonchev–Trinajstić information content (AvgIpc) is 2.57. The van der Waals surface area contributed by atoms with Crippen molar-refractivity contribution < 1.29 is 14.3 Å². The third kappa shape index (κ3) is 4.47. The van der Waals surface area contributed by atoms with Crippen molar-refractivity contribution in [3.05, 3.63) is 29.3 Å². The maximum Gasteiger partial charge on any atom is 0.409 e. The van der Waals surface area contributed by atoms with Gasteiger partial charge in [-0.25, -0.2) is 4.79 Å². The Morgan fingerprint density at radius 1 is 1.21 bits per heavy atom. The lowest BCUT2D eigenvalue weighted by Gasteiger charge is -2.36. The molecule has 1 fully saturated rings. The summed E-state index contributed by atoms with van der Waals surface area (Å²) < 4.78 is 5.02. The Balaban J connectivity index is 1.89. The Hall–Kier alpha value is -2.08. The third-order valence-corrected chi connectivity index (χ3v) is 4.41. The molecule has 0 aromatic heterocycles. The van der Waals surface area contributed by atoms with Crippen LogP contribution in [0.1, 0.15) is 25.0 Å². The van der Waals surface area contributed by atoms with Crippen LogP contribution in [0.25, 0.3) is 0 Å². The summed E-state index contributed by atoms with van der Waals surface area (Å²) >= 11 is 0. The Labute approximate surface area is 143 Å². The first kappa shape index (κ1) is 18.3. The van der Waals surface area contributed by atoms with E-state index in [1.165, 1.54) is 5.56 Å². The van der Waals surface area contributed by atoms with Gasteiger partial charge in [0.2, 0.25) is 5.91 Å². The van der Waals surface area contributed by atoms with Crippen LogP contribution in [0.4, 0.5) is 10.5 Å². The molecule has 24 heavy (non-hydrogen) atoms. The monoisotopic (exact) mass is 333 g/mol. The number of amides is 2. The summed E-state index contributed by atoms with van der Waals surface area (Å²) in [5.74, 6) is -0.0217. The molecular weight excluding hydrogens is 306 g/mol. The van der Waals surface area contributed by atoms with E-state index in [1.807, 2.05) is 32.9 Å². The van der Waals surface area contributed by atoms with Gasteiger partial charge in [0.1, 0.15) is 0 Å². The molecule has 1 heterocycles. The van der Waals surface area contributed by atoms with Gasteiger partial charge in [-0.3, -0.25) is 9.69 Å². The number of benzene rings is 1. The van der Waals surface area contributed by atoms with Crippen LogP contribution in [0.15, 0.2) is 18.2 Å². The lowest BCUT2D eigenvalue weighted by Crippen LogP contribution is -2.54. The Morgan fingerprint density at radius 2 is 1.88 bits per heavy atom. The normalized spacial score (nSPS) is 16.6. The highest BCUT2D eigenvalue weighted by molar-refractivity contribution is 5.95. The maximum absolute atomic E-state index is 12.5. The molecule has 1 unspecified atom stereocenters. The number of nitrogens with zero attached hydrogens (tertiary/aromatic N) is 2. The molecule has 1 aliphatic rings. The molecule has 1 saturated heterocycles. The van der Waals surface area contributed by atoms with E-state index in [4.69, 9.17) is 4.74 Å². The van der Waals surface area contributed by atoms with Gasteiger partial charge in [-0.2, -0.15) is 0 Å². The molecule has 2 rings (SSSR count). The summed E-state index contributed by atoms with van der Waals surface area (Å²) in [7, 11) is 0. The van der Waals surface area contributed by atoms with E-state index in [0.717, 1.165) is 11.3 Å². The van der Waals surface area contributed by atoms with Crippen molar-refractivity contribution in [3.8, 4) is 0 Å². The van der Waals surface area contributed by atoms with Crippen LogP contribution in [0, 0.1) is 13.8 Å². The number of hydrogen-bond acceptors (Lipinski definition) is 4. The summed E-state index contributed by atoms with van der Waals surface area (Å²) in [5, 5.41) is 3.00. The lowest BCUT2D eigenvalue weighted by molar-refractivity contribution is -0.121. The topological polar surface area (TPSA) is 61.9 Å². The highest BCUT2D eigenvalue weighted by Gasteiger charge is 2.28. The summed E-state index contributed by atoms with van der Waals surface area (Å²) in [6.45, 7) is 10.6. The van der Waals surface area contributed by atoms with Gasteiger partial charge in [0, 0.05) is 31.9 Å². The van der Waals surface area contributed by atoms with Crippen molar-refractivity contribution in [3.63, 3.8) is 0 Å². The van der Waals surface area contributed by atoms with Crippen LogP contribution >= 0.6 is 0 Å². The van der Waals surface area contributed by atoms with Crippen LogP contribution in [0.5, 0.6) is 0 Å². The number of hydrogen-bond donors (Lipinski definition) is 1. The number of carbonyl (C=O) groups is 2. The van der Waals surface area contributed by atoms with Gasteiger partial charge in [-0.15, -0.1) is 0 Å². The number of piperazine rings is 1. The van der Waals surface area contributed by atoms with Gasteiger partial charge < -0.3 is 15.0 Å². The van der Waals surface area contributed by atoms with Crippen LogP contribution < -0.4 is 5.32 Å². The number of carbonyl (C=O) groups excluding carboxylic acids is 2. The number of nitrogens with one attached hydrogen (secondary N) is 1. The molecule has 1 atom stereocenters. The molecule has 1 N–H and O–H groups in total. The van der Waals surface area contributed by atoms with Crippen LogP contribution in [0.2, 0.25) is 0 Å². The van der Waals surface area contributed by atoms with Gasteiger partial charge >= 0.3 is 6.09 Å². The molecule has 0 saturated carbocycles. The van der Waals surface area contributed by atoms with Crippen LogP contribution in [0.3, 0.4) is 0 Å². The molecule has 1 aromatic rings. The molecule has 6 nitrogen and oxygen atoms in total. The predicted molar refractivity (Wildman–Crippen MR) is 94.2 cm³/mol. The zero-order valence-corrected chi connectivity index (χ0v) is 15.0. The number of aryl methyl sites for hydroxylation is 2. The first-order valence-corrected chi connectivity index (χ1v) is 8.46. The first-order valence-electron chi connectivity index (χ1n) is 8.46. The van der Waals surface area contributed by atoms with E-state index in [1.54, 1.807) is 11.8 Å². The second-order valence-corrected chi connectivity index (χ2v) is 6.21. The highest BCUT2D eigenvalue weighted by Crippen LogP contribution is 2.17. The Morgan fingerprint density at radius 3 is 2.46 bits per heavy atom. The van der Waals surface area contributed by atoms with E-state index in [2.05, 4.69) is 16.3 Å². The minimum Gasteiger partial charge on any atom is -0.450 e. The molecule has 0 aliphatic carbocycles. The molecule has 0 spiro atoms. The minimum atomic E-state index is -0.274. The van der Waals surface area contributed by atoms with Crippen molar-refractivity contribution in [2.45, 2.75) is 33.7 Å². The van der Waals surface area contributed by atoms with Crippen LogP contribution in [-0.4, -0.2) is 60.6 Å². The zero-order valence-electron chi connectivity index (χ0n) is 15.0. The highest BCUT2D eigenvalue weighted by atomic mass is 16.6. The van der Waals surface area contributed by atoms with Crippen LogP contribution in [-0.2, 0) is 9.53 Å². The molecule has 0 radical (unpaired) electrons. The predicted octanol–water partition coefficient (Wildman–Crippen LogP) is 2.40. The number of anilines is 1. The molecule has 6 heteroatoms. The first-order chi connectivity index (χ1) is 11.4. The van der Waals surface area contributed by atoms with Crippen molar-refractivity contribution in [2.75, 3.05) is 38.1 Å². The SMILES string of the molecule is CCOC(=O)N1CCN(C(C)C(=O)Nc2ccc(C)cc2C)CC1. The van der Waals surface area contributed by atoms with Gasteiger partial charge in [0.25, 0.3) is 0 Å². The van der Waals surface area contributed by atoms with E-state index in [0.29, 0.717) is 32.8 Å². The molecular formula is C18H27N3O3. The van der Waals surface area contributed by atoms with Crippen molar-refractivity contribution >= 4 is 17.7 Å². The fourth-order valence-corrected chi connectivity index (χ4v) is 2.86. The Kier molecular flexibility index (Phi) is 6.20. The molecule has 0 bridgehead atoms. The van der Waals surface area contributed by atoms with Crippen molar-refractivity contribution in [2.24, 2.45) is 0 Å². The zero-order chi connectivity index (χ0) is 17.7. The van der Waals surface area contributed by atoms with Gasteiger partial charge in [-0.1, -0.05) is 17.7 Å². The molecule has 1 aliphatic heterocycles. The van der Waals surface area contributed by atoms with E-state index < -0.39 is 0 Å². The third-order valence-electron chi connectivity index (χ3n) is 4.41. The fourth-order valence-electron chi connectivity index (χ4n) is 2.86. The van der Waals surface area contributed by atoms with Crippen molar-refractivity contribution in [1.29, 1.82) is 0 Å². The molecule has 1 aromatic carbocycles. The quantitative estimate of drug-likeness (QED) is 0.919. The molecule has 2 amide bonds. The second kappa shape index (κ2) is 8.15.